The van der Waals surface area contributed by atoms with Gasteiger partial charge in [0.1, 0.15) is 5.82 Å². The fraction of sp³-hybridized carbons (Fsp3) is 0.615. The molecule has 18 heavy (non-hydrogen) atoms. The highest BCUT2D eigenvalue weighted by Crippen LogP contribution is 2.27. The zero-order valence-electron chi connectivity index (χ0n) is 11.2. The number of piperazine rings is 1. The molecule has 2 atom stereocenters. The van der Waals surface area contributed by atoms with Crippen molar-refractivity contribution < 1.29 is 4.39 Å². The minimum Gasteiger partial charge on any atom is -0.349 e. The van der Waals surface area contributed by atoms with Crippen LogP contribution in [0.15, 0.2) is 6.07 Å². The van der Waals surface area contributed by atoms with Gasteiger partial charge in [-0.25, -0.2) is 4.98 Å². The number of rotatable bonds is 1. The standard InChI is InChI=1S/C13H19ClFN3/c1-8-5-11(16-13(15)12(8)14)18-9(2)6-17(4)7-10(18)3/h5,9-10H,6-7H2,1-4H3. The van der Waals surface area contributed by atoms with E-state index in [2.05, 4.69) is 35.7 Å². The van der Waals surface area contributed by atoms with Crippen LogP contribution in [-0.2, 0) is 0 Å². The Bertz CT molecular complexity index is 417. The summed E-state index contributed by atoms with van der Waals surface area (Å²) >= 11 is 5.82. The SMILES string of the molecule is Cc1cc(N2C(C)CN(C)CC2C)nc(F)c1Cl. The zero-order chi connectivity index (χ0) is 13.4. The van der Waals surface area contributed by atoms with Crippen LogP contribution in [0, 0.1) is 12.9 Å². The van der Waals surface area contributed by atoms with E-state index in [4.69, 9.17) is 11.6 Å². The molecule has 3 nitrogen and oxygen atoms in total. The molecular formula is C13H19ClFN3. The molecule has 2 heterocycles. The van der Waals surface area contributed by atoms with Crippen LogP contribution in [0.4, 0.5) is 10.2 Å². The van der Waals surface area contributed by atoms with Crippen molar-refractivity contribution in [3.8, 4) is 0 Å². The Morgan fingerprint density at radius 3 is 2.39 bits per heavy atom. The van der Waals surface area contributed by atoms with Crippen molar-refractivity contribution in [2.24, 2.45) is 0 Å². The number of anilines is 1. The molecule has 0 amide bonds. The molecule has 0 aliphatic carbocycles. The van der Waals surface area contributed by atoms with Gasteiger partial charge in [0, 0.05) is 25.2 Å². The third kappa shape index (κ3) is 2.45. The van der Waals surface area contributed by atoms with E-state index >= 15 is 0 Å². The number of aryl methyl sites for hydroxylation is 1. The van der Waals surface area contributed by atoms with Crippen molar-refractivity contribution in [3.05, 3.63) is 22.6 Å². The molecule has 100 valence electrons. The summed E-state index contributed by atoms with van der Waals surface area (Å²) in [7, 11) is 2.10. The molecule has 1 aliphatic heterocycles. The van der Waals surface area contributed by atoms with Crippen LogP contribution in [-0.4, -0.2) is 42.1 Å². The van der Waals surface area contributed by atoms with Crippen LogP contribution in [0.5, 0.6) is 0 Å². The molecule has 0 aromatic carbocycles. The Kier molecular flexibility index (Phi) is 3.78. The molecule has 0 spiro atoms. The van der Waals surface area contributed by atoms with E-state index in [0.29, 0.717) is 17.9 Å². The van der Waals surface area contributed by atoms with Crippen molar-refractivity contribution in [2.75, 3.05) is 25.0 Å². The minimum atomic E-state index is -0.579. The Morgan fingerprint density at radius 1 is 1.33 bits per heavy atom. The number of hydrogen-bond acceptors (Lipinski definition) is 3. The molecule has 5 heteroatoms. The predicted octanol–water partition coefficient (Wildman–Crippen LogP) is 2.71. The number of aromatic nitrogens is 1. The van der Waals surface area contributed by atoms with Gasteiger partial charge in [-0.05, 0) is 39.4 Å². The lowest BCUT2D eigenvalue weighted by atomic mass is 10.1. The Balaban J connectivity index is 2.36. The fourth-order valence-corrected chi connectivity index (χ4v) is 2.87. The third-order valence-corrected chi connectivity index (χ3v) is 3.91. The minimum absolute atomic E-state index is 0.119. The second kappa shape index (κ2) is 5.02. The normalized spacial score (nSPS) is 25.6. The summed E-state index contributed by atoms with van der Waals surface area (Å²) in [6.45, 7) is 7.98. The summed E-state index contributed by atoms with van der Waals surface area (Å²) in [5.41, 5.74) is 0.734. The molecule has 0 N–H and O–H groups in total. The summed E-state index contributed by atoms with van der Waals surface area (Å²) in [5.74, 6) is 0.104. The Morgan fingerprint density at radius 2 is 1.89 bits per heavy atom. The van der Waals surface area contributed by atoms with Gasteiger partial charge in [0.25, 0.3) is 0 Å². The molecule has 1 aliphatic rings. The summed E-state index contributed by atoms with van der Waals surface area (Å²) in [6, 6.07) is 2.49. The van der Waals surface area contributed by atoms with E-state index in [1.807, 2.05) is 13.0 Å². The smallest absolute Gasteiger partial charge is 0.233 e. The van der Waals surface area contributed by atoms with E-state index < -0.39 is 5.95 Å². The maximum absolute atomic E-state index is 13.6. The van der Waals surface area contributed by atoms with Crippen molar-refractivity contribution in [1.29, 1.82) is 0 Å². The first kappa shape index (κ1) is 13.6. The first-order valence-electron chi connectivity index (χ1n) is 6.19. The summed E-state index contributed by atoms with van der Waals surface area (Å²) in [5, 5.41) is 0.119. The van der Waals surface area contributed by atoms with E-state index in [1.54, 1.807) is 0 Å². The first-order chi connectivity index (χ1) is 8.40. The van der Waals surface area contributed by atoms with Gasteiger partial charge in [0.05, 0.1) is 5.02 Å². The van der Waals surface area contributed by atoms with E-state index in [-0.39, 0.29) is 5.02 Å². The van der Waals surface area contributed by atoms with Gasteiger partial charge in [0.2, 0.25) is 5.95 Å². The zero-order valence-corrected chi connectivity index (χ0v) is 12.0. The molecule has 1 aromatic heterocycles. The highest BCUT2D eigenvalue weighted by molar-refractivity contribution is 6.31. The Labute approximate surface area is 113 Å². The maximum atomic E-state index is 13.6. The summed E-state index contributed by atoms with van der Waals surface area (Å²) < 4.78 is 13.6. The van der Waals surface area contributed by atoms with Gasteiger partial charge >= 0.3 is 0 Å². The lowest BCUT2D eigenvalue weighted by Crippen LogP contribution is -2.56. The summed E-state index contributed by atoms with van der Waals surface area (Å²) in [6.07, 6.45) is 0. The second-order valence-corrected chi connectivity index (χ2v) is 5.61. The van der Waals surface area contributed by atoms with Gasteiger partial charge in [-0.3, -0.25) is 0 Å². The molecular weight excluding hydrogens is 253 g/mol. The Hall–Kier alpha value is -0.870. The number of likely N-dealkylation sites (N-methyl/N-ethyl adjacent to an activating group) is 1. The van der Waals surface area contributed by atoms with Crippen LogP contribution < -0.4 is 4.90 Å². The molecule has 2 rings (SSSR count). The average molecular weight is 272 g/mol. The molecule has 1 fully saturated rings. The maximum Gasteiger partial charge on any atom is 0.233 e. The summed E-state index contributed by atoms with van der Waals surface area (Å²) in [4.78, 5) is 8.45. The van der Waals surface area contributed by atoms with Gasteiger partial charge in [-0.15, -0.1) is 0 Å². The topological polar surface area (TPSA) is 19.4 Å². The van der Waals surface area contributed by atoms with Crippen LogP contribution in [0.1, 0.15) is 19.4 Å². The predicted molar refractivity (Wildman–Crippen MR) is 72.8 cm³/mol. The van der Waals surface area contributed by atoms with Crippen LogP contribution >= 0.6 is 11.6 Å². The first-order valence-corrected chi connectivity index (χ1v) is 6.57. The third-order valence-electron chi connectivity index (χ3n) is 3.45. The van der Waals surface area contributed by atoms with E-state index in [1.165, 1.54) is 0 Å². The van der Waals surface area contributed by atoms with Crippen molar-refractivity contribution in [3.63, 3.8) is 0 Å². The largest absolute Gasteiger partial charge is 0.349 e. The molecule has 0 radical (unpaired) electrons. The van der Waals surface area contributed by atoms with Gasteiger partial charge in [-0.2, -0.15) is 4.39 Å². The molecule has 2 unspecified atom stereocenters. The van der Waals surface area contributed by atoms with Gasteiger partial charge in [-0.1, -0.05) is 11.6 Å². The highest BCUT2D eigenvalue weighted by Gasteiger charge is 2.29. The van der Waals surface area contributed by atoms with Crippen molar-refractivity contribution in [2.45, 2.75) is 32.9 Å². The van der Waals surface area contributed by atoms with Crippen LogP contribution in [0.3, 0.4) is 0 Å². The van der Waals surface area contributed by atoms with Crippen molar-refractivity contribution >= 4 is 17.4 Å². The van der Waals surface area contributed by atoms with E-state index in [9.17, 15) is 4.39 Å². The molecule has 1 aromatic rings. The second-order valence-electron chi connectivity index (χ2n) is 5.23. The quantitative estimate of drug-likeness (QED) is 0.732. The molecule has 0 saturated carbocycles. The van der Waals surface area contributed by atoms with Crippen LogP contribution in [0.2, 0.25) is 5.02 Å². The van der Waals surface area contributed by atoms with Crippen LogP contribution in [0.25, 0.3) is 0 Å². The monoisotopic (exact) mass is 271 g/mol. The number of nitrogens with zero attached hydrogens (tertiary/aromatic N) is 3. The number of hydrogen-bond donors (Lipinski definition) is 0. The van der Waals surface area contributed by atoms with E-state index in [0.717, 1.165) is 18.7 Å². The lowest BCUT2D eigenvalue weighted by Gasteiger charge is -2.44. The highest BCUT2D eigenvalue weighted by atomic mass is 35.5. The number of pyridine rings is 1. The van der Waals surface area contributed by atoms with Gasteiger partial charge in [0.15, 0.2) is 0 Å². The average Bonchev–Trinajstić information content (AvgIpc) is 2.24. The lowest BCUT2D eigenvalue weighted by molar-refractivity contribution is 0.238. The molecule has 0 bridgehead atoms. The number of halogens is 2. The fourth-order valence-electron chi connectivity index (χ4n) is 2.77. The van der Waals surface area contributed by atoms with Crippen molar-refractivity contribution in [1.82, 2.24) is 9.88 Å². The van der Waals surface area contributed by atoms with Gasteiger partial charge < -0.3 is 9.80 Å². The molecule has 1 saturated heterocycles.